The van der Waals surface area contributed by atoms with E-state index < -0.39 is 35.8 Å². The number of hydrogen-bond donors (Lipinski definition) is 3. The van der Waals surface area contributed by atoms with Gasteiger partial charge in [-0.3, -0.25) is 19.1 Å². The molecule has 3 N–H and O–H groups in total. The smallest absolute Gasteiger partial charge is 0.322 e. The Bertz CT molecular complexity index is 962. The van der Waals surface area contributed by atoms with Gasteiger partial charge in [0.05, 0.1) is 19.8 Å². The van der Waals surface area contributed by atoms with Gasteiger partial charge in [-0.25, -0.2) is 0 Å². The quantitative estimate of drug-likeness (QED) is 0.612. The lowest BCUT2D eigenvalue weighted by Gasteiger charge is -2.30. The Morgan fingerprint density at radius 2 is 1.94 bits per heavy atom. The first kappa shape index (κ1) is 22.5. The molecule has 1 aliphatic rings. The zero-order valence-electron chi connectivity index (χ0n) is 18.0. The molecule has 2 amide bonds. The van der Waals surface area contributed by atoms with Crippen LogP contribution in [0, 0.1) is 5.41 Å². The molecular formula is C22H28N4O5. The highest BCUT2D eigenvalue weighted by molar-refractivity contribution is 5.98. The van der Waals surface area contributed by atoms with E-state index in [1.165, 1.54) is 0 Å². The van der Waals surface area contributed by atoms with E-state index in [9.17, 15) is 14.4 Å². The van der Waals surface area contributed by atoms with E-state index in [0.717, 1.165) is 16.8 Å². The summed E-state index contributed by atoms with van der Waals surface area (Å²) < 4.78 is 7.38. The van der Waals surface area contributed by atoms with Crippen molar-refractivity contribution in [3.63, 3.8) is 0 Å². The lowest BCUT2D eigenvalue weighted by molar-refractivity contribution is -0.138. The topological polar surface area (TPSA) is 123 Å². The molecule has 3 rings (SSSR count). The number of rotatable bonds is 7. The van der Waals surface area contributed by atoms with Crippen LogP contribution in [0.25, 0.3) is 0 Å². The minimum Gasteiger partial charge on any atom is -0.480 e. The fourth-order valence-corrected chi connectivity index (χ4v) is 3.52. The molecular weight excluding hydrogens is 400 g/mol. The van der Waals surface area contributed by atoms with E-state index in [0.29, 0.717) is 19.6 Å². The standard InChI is InChI=1S/C22H28N4O5/c1-22(2,3)19(21(30)23-11-17(27)28)24-20(29)18-15-13-31-10-9-16(15)26(25-18)12-14-7-5-4-6-8-14/h4-8,19H,9-13H2,1-3H3,(H,23,30)(H,24,29)(H,27,28)/t19-/m1/s1. The molecule has 0 saturated heterocycles. The van der Waals surface area contributed by atoms with Gasteiger partial charge in [0.2, 0.25) is 5.91 Å². The van der Waals surface area contributed by atoms with Gasteiger partial charge in [0.25, 0.3) is 5.91 Å². The third kappa shape index (κ3) is 5.49. The average Bonchev–Trinajstić information content (AvgIpc) is 3.08. The maximum atomic E-state index is 13.1. The van der Waals surface area contributed by atoms with E-state index in [1.807, 2.05) is 35.0 Å². The van der Waals surface area contributed by atoms with Crippen LogP contribution in [0.4, 0.5) is 0 Å². The molecule has 1 aromatic heterocycles. The van der Waals surface area contributed by atoms with Gasteiger partial charge in [0.1, 0.15) is 12.6 Å². The van der Waals surface area contributed by atoms with Crippen molar-refractivity contribution in [3.8, 4) is 0 Å². The third-order valence-electron chi connectivity index (χ3n) is 5.10. The number of carboxylic acid groups (broad SMARTS) is 1. The van der Waals surface area contributed by atoms with Crippen LogP contribution < -0.4 is 10.6 Å². The molecule has 2 heterocycles. The molecule has 0 spiro atoms. The predicted octanol–water partition coefficient (Wildman–Crippen LogP) is 1.35. The maximum Gasteiger partial charge on any atom is 0.322 e. The number of carbonyl (C=O) groups is 3. The highest BCUT2D eigenvalue weighted by Gasteiger charge is 2.35. The first-order chi connectivity index (χ1) is 14.7. The predicted molar refractivity (Wildman–Crippen MR) is 112 cm³/mol. The van der Waals surface area contributed by atoms with Crippen LogP contribution in [-0.4, -0.2) is 51.9 Å². The molecule has 9 heteroatoms. The molecule has 166 valence electrons. The van der Waals surface area contributed by atoms with Gasteiger partial charge in [-0.2, -0.15) is 5.10 Å². The summed E-state index contributed by atoms with van der Waals surface area (Å²) in [5.41, 5.74) is 2.32. The number of carbonyl (C=O) groups excluding carboxylic acids is 2. The van der Waals surface area contributed by atoms with E-state index in [-0.39, 0.29) is 12.3 Å². The fourth-order valence-electron chi connectivity index (χ4n) is 3.52. The van der Waals surface area contributed by atoms with E-state index in [1.54, 1.807) is 20.8 Å². The van der Waals surface area contributed by atoms with Gasteiger partial charge in [0.15, 0.2) is 5.69 Å². The molecule has 9 nitrogen and oxygen atoms in total. The number of nitrogens with zero attached hydrogens (tertiary/aromatic N) is 2. The normalized spacial score (nSPS) is 14.4. The molecule has 0 saturated carbocycles. The minimum absolute atomic E-state index is 0.228. The number of amides is 2. The van der Waals surface area contributed by atoms with Crippen LogP contribution in [0.3, 0.4) is 0 Å². The van der Waals surface area contributed by atoms with Crippen molar-refractivity contribution in [3.05, 3.63) is 52.8 Å². The average molecular weight is 428 g/mol. The van der Waals surface area contributed by atoms with E-state index in [4.69, 9.17) is 9.84 Å². The Kier molecular flexibility index (Phi) is 6.74. The van der Waals surface area contributed by atoms with Crippen molar-refractivity contribution in [2.24, 2.45) is 5.41 Å². The van der Waals surface area contributed by atoms with Crippen molar-refractivity contribution in [1.82, 2.24) is 20.4 Å². The zero-order valence-corrected chi connectivity index (χ0v) is 18.0. The van der Waals surface area contributed by atoms with Gasteiger partial charge in [-0.1, -0.05) is 51.1 Å². The summed E-state index contributed by atoms with van der Waals surface area (Å²) in [4.78, 5) is 36.5. The first-order valence-corrected chi connectivity index (χ1v) is 10.2. The van der Waals surface area contributed by atoms with Crippen molar-refractivity contribution < 1.29 is 24.2 Å². The molecule has 1 aromatic carbocycles. The van der Waals surface area contributed by atoms with E-state index >= 15 is 0 Å². The van der Waals surface area contributed by atoms with Crippen molar-refractivity contribution in [2.75, 3.05) is 13.2 Å². The van der Waals surface area contributed by atoms with Crippen molar-refractivity contribution in [2.45, 2.75) is 46.4 Å². The number of fused-ring (bicyclic) bond motifs is 1. The molecule has 2 aromatic rings. The van der Waals surface area contributed by atoms with Crippen LogP contribution in [0.1, 0.15) is 48.1 Å². The second-order valence-corrected chi connectivity index (χ2v) is 8.60. The summed E-state index contributed by atoms with van der Waals surface area (Å²) in [5.74, 6) is -2.20. The Hall–Kier alpha value is -3.20. The number of benzene rings is 1. The highest BCUT2D eigenvalue weighted by Crippen LogP contribution is 2.24. The monoisotopic (exact) mass is 428 g/mol. The Balaban J connectivity index is 1.85. The lowest BCUT2D eigenvalue weighted by atomic mass is 9.86. The highest BCUT2D eigenvalue weighted by atomic mass is 16.5. The van der Waals surface area contributed by atoms with Gasteiger partial charge in [-0.05, 0) is 11.0 Å². The summed E-state index contributed by atoms with van der Waals surface area (Å²) in [7, 11) is 0. The Morgan fingerprint density at radius 3 is 2.58 bits per heavy atom. The van der Waals surface area contributed by atoms with Gasteiger partial charge in [0, 0.05) is 17.7 Å². The van der Waals surface area contributed by atoms with Gasteiger partial charge < -0.3 is 20.5 Å². The van der Waals surface area contributed by atoms with Gasteiger partial charge >= 0.3 is 5.97 Å². The number of aromatic nitrogens is 2. The summed E-state index contributed by atoms with van der Waals surface area (Å²) in [6, 6.07) is 8.90. The second-order valence-electron chi connectivity index (χ2n) is 8.60. The molecule has 1 aliphatic heterocycles. The second kappa shape index (κ2) is 9.30. The maximum absolute atomic E-state index is 13.1. The van der Waals surface area contributed by atoms with Crippen LogP contribution >= 0.6 is 0 Å². The number of carboxylic acids is 1. The fraction of sp³-hybridized carbons (Fsp3) is 0.455. The van der Waals surface area contributed by atoms with Gasteiger partial charge in [-0.15, -0.1) is 0 Å². The van der Waals surface area contributed by atoms with Crippen molar-refractivity contribution in [1.29, 1.82) is 0 Å². The van der Waals surface area contributed by atoms with Crippen LogP contribution in [0.2, 0.25) is 0 Å². The summed E-state index contributed by atoms with van der Waals surface area (Å²) in [6.45, 7) is 6.23. The Morgan fingerprint density at radius 1 is 1.23 bits per heavy atom. The van der Waals surface area contributed by atoms with Crippen LogP contribution in [0.5, 0.6) is 0 Å². The summed E-state index contributed by atoms with van der Waals surface area (Å²) in [5, 5.41) is 18.5. The van der Waals surface area contributed by atoms with Crippen LogP contribution in [-0.2, 0) is 33.9 Å². The number of nitrogens with one attached hydrogen (secondary N) is 2. The molecule has 0 radical (unpaired) electrons. The number of ether oxygens (including phenoxy) is 1. The largest absolute Gasteiger partial charge is 0.480 e. The summed E-state index contributed by atoms with van der Waals surface area (Å²) in [6.07, 6.45) is 0.643. The third-order valence-corrected chi connectivity index (χ3v) is 5.10. The summed E-state index contributed by atoms with van der Waals surface area (Å²) >= 11 is 0. The van der Waals surface area contributed by atoms with Crippen LogP contribution in [0.15, 0.2) is 30.3 Å². The zero-order chi connectivity index (χ0) is 22.6. The molecule has 0 aliphatic carbocycles. The number of aliphatic carboxylic acids is 1. The molecule has 1 atom stereocenters. The van der Waals surface area contributed by atoms with E-state index in [2.05, 4.69) is 15.7 Å². The Labute approximate surface area is 180 Å². The molecule has 0 bridgehead atoms. The molecule has 0 fully saturated rings. The molecule has 0 unspecified atom stereocenters. The first-order valence-electron chi connectivity index (χ1n) is 10.2. The number of hydrogen-bond acceptors (Lipinski definition) is 5. The SMILES string of the molecule is CC(C)(C)[C@H](NC(=O)c1nn(Cc2ccccc2)c2c1COCC2)C(=O)NCC(=O)O. The minimum atomic E-state index is -1.15. The molecule has 31 heavy (non-hydrogen) atoms. The lowest BCUT2D eigenvalue weighted by Crippen LogP contribution is -2.54. The van der Waals surface area contributed by atoms with Crippen molar-refractivity contribution >= 4 is 17.8 Å².